The van der Waals surface area contributed by atoms with Crippen molar-refractivity contribution in [3.63, 3.8) is 0 Å². The number of aromatic nitrogens is 2. The lowest BCUT2D eigenvalue weighted by Crippen LogP contribution is -2.25. The van der Waals surface area contributed by atoms with Gasteiger partial charge in [-0.25, -0.2) is 4.98 Å². The van der Waals surface area contributed by atoms with Gasteiger partial charge in [0, 0.05) is 11.8 Å². The SMILES string of the molecule is O=C(CSc1nc2ccccc2c(=O)n1-c1ccccc1)Nc1ccc2c(c1)OC(F)(F)O2. The molecule has 0 radical (unpaired) electrons. The molecule has 0 fully saturated rings. The topological polar surface area (TPSA) is 82.5 Å². The minimum Gasteiger partial charge on any atom is -0.395 e. The van der Waals surface area contributed by atoms with Crippen LogP contribution in [0, 0.1) is 0 Å². The van der Waals surface area contributed by atoms with Crippen molar-refractivity contribution in [1.29, 1.82) is 0 Å². The molecule has 1 aromatic heterocycles. The number of carbonyl (C=O) groups is 1. The van der Waals surface area contributed by atoms with E-state index in [1.54, 1.807) is 48.5 Å². The van der Waals surface area contributed by atoms with Crippen LogP contribution in [0.1, 0.15) is 0 Å². The zero-order chi connectivity index (χ0) is 23.0. The number of nitrogens with one attached hydrogen (secondary N) is 1. The monoisotopic (exact) mass is 467 g/mol. The van der Waals surface area contributed by atoms with Crippen molar-refractivity contribution in [3.8, 4) is 17.2 Å². The summed E-state index contributed by atoms with van der Waals surface area (Å²) in [5.41, 5.74) is 1.17. The second kappa shape index (κ2) is 8.21. The molecule has 1 aliphatic heterocycles. The number of nitrogens with zero attached hydrogens (tertiary/aromatic N) is 2. The number of carbonyl (C=O) groups excluding carboxylic acids is 1. The molecular weight excluding hydrogens is 452 g/mol. The second-order valence-electron chi connectivity index (χ2n) is 7.05. The number of alkyl halides is 2. The largest absolute Gasteiger partial charge is 0.586 e. The smallest absolute Gasteiger partial charge is 0.395 e. The highest BCUT2D eigenvalue weighted by molar-refractivity contribution is 7.99. The van der Waals surface area contributed by atoms with E-state index in [2.05, 4.69) is 19.8 Å². The highest BCUT2D eigenvalue weighted by Gasteiger charge is 2.43. The first-order valence-corrected chi connectivity index (χ1v) is 10.8. The zero-order valence-electron chi connectivity index (χ0n) is 16.8. The molecule has 1 aliphatic rings. The molecule has 1 amide bonds. The first-order valence-electron chi connectivity index (χ1n) is 9.79. The Balaban J connectivity index is 1.39. The van der Waals surface area contributed by atoms with Gasteiger partial charge < -0.3 is 14.8 Å². The van der Waals surface area contributed by atoms with E-state index in [1.807, 2.05) is 6.07 Å². The van der Waals surface area contributed by atoms with E-state index in [0.717, 1.165) is 11.8 Å². The fourth-order valence-electron chi connectivity index (χ4n) is 3.37. The minimum absolute atomic E-state index is 0.0672. The third-order valence-corrected chi connectivity index (χ3v) is 5.72. The molecule has 33 heavy (non-hydrogen) atoms. The highest BCUT2D eigenvalue weighted by Crippen LogP contribution is 2.42. The van der Waals surface area contributed by atoms with E-state index >= 15 is 0 Å². The number of hydrogen-bond donors (Lipinski definition) is 1. The van der Waals surface area contributed by atoms with Crippen LogP contribution in [0.5, 0.6) is 11.5 Å². The van der Waals surface area contributed by atoms with Crippen LogP contribution in [0.15, 0.2) is 82.7 Å². The normalized spacial score (nSPS) is 13.8. The summed E-state index contributed by atoms with van der Waals surface area (Å²) in [6.07, 6.45) is -3.73. The quantitative estimate of drug-likeness (QED) is 0.345. The Bertz CT molecular complexity index is 1430. The average Bonchev–Trinajstić information content (AvgIpc) is 3.11. The van der Waals surface area contributed by atoms with Crippen LogP contribution in [-0.2, 0) is 4.79 Å². The van der Waals surface area contributed by atoms with E-state index in [0.29, 0.717) is 21.7 Å². The van der Waals surface area contributed by atoms with Gasteiger partial charge in [0.1, 0.15) is 0 Å². The number of thioether (sulfide) groups is 1. The molecule has 4 aromatic rings. The van der Waals surface area contributed by atoms with E-state index < -0.39 is 12.2 Å². The van der Waals surface area contributed by atoms with Crippen LogP contribution in [0.4, 0.5) is 14.5 Å². The highest BCUT2D eigenvalue weighted by atomic mass is 32.2. The molecule has 7 nitrogen and oxygen atoms in total. The molecule has 0 unspecified atom stereocenters. The Morgan fingerprint density at radius 2 is 1.73 bits per heavy atom. The van der Waals surface area contributed by atoms with Crippen LogP contribution in [0.3, 0.4) is 0 Å². The molecule has 0 bridgehead atoms. The van der Waals surface area contributed by atoms with Crippen molar-refractivity contribution in [3.05, 3.63) is 83.2 Å². The van der Waals surface area contributed by atoms with E-state index in [9.17, 15) is 18.4 Å². The summed E-state index contributed by atoms with van der Waals surface area (Å²) in [6, 6.07) is 20.0. The predicted octanol–water partition coefficient (Wildman–Crippen LogP) is 4.44. The molecule has 1 N–H and O–H groups in total. The van der Waals surface area contributed by atoms with Gasteiger partial charge in [-0.15, -0.1) is 8.78 Å². The van der Waals surface area contributed by atoms with Crippen molar-refractivity contribution >= 4 is 34.3 Å². The number of rotatable bonds is 5. The maximum atomic E-state index is 13.2. The Morgan fingerprint density at radius 1 is 1.00 bits per heavy atom. The summed E-state index contributed by atoms with van der Waals surface area (Å²) in [4.78, 5) is 30.3. The fraction of sp³-hybridized carbons (Fsp3) is 0.0870. The molecule has 0 atom stereocenters. The average molecular weight is 467 g/mol. The van der Waals surface area contributed by atoms with Crippen LogP contribution in [0.25, 0.3) is 16.6 Å². The molecule has 0 aliphatic carbocycles. The van der Waals surface area contributed by atoms with Crippen LogP contribution < -0.4 is 20.3 Å². The Labute approximate surface area is 190 Å². The molecule has 0 saturated carbocycles. The third kappa shape index (κ3) is 4.24. The number of benzene rings is 3. The number of anilines is 1. The van der Waals surface area contributed by atoms with Crippen LogP contribution in [-0.4, -0.2) is 27.5 Å². The number of hydrogen-bond acceptors (Lipinski definition) is 6. The van der Waals surface area contributed by atoms with Crippen LogP contribution in [0.2, 0.25) is 0 Å². The first-order chi connectivity index (χ1) is 15.9. The molecular formula is C23H15F2N3O4S. The van der Waals surface area contributed by atoms with Gasteiger partial charge in [0.25, 0.3) is 5.56 Å². The predicted molar refractivity (Wildman–Crippen MR) is 119 cm³/mol. The molecule has 5 rings (SSSR count). The van der Waals surface area contributed by atoms with Gasteiger partial charge in [0.2, 0.25) is 5.91 Å². The van der Waals surface area contributed by atoms with E-state index in [-0.39, 0.29) is 28.5 Å². The van der Waals surface area contributed by atoms with Gasteiger partial charge in [-0.2, -0.15) is 0 Å². The van der Waals surface area contributed by atoms with Crippen molar-refractivity contribution in [2.45, 2.75) is 11.5 Å². The third-order valence-electron chi connectivity index (χ3n) is 4.78. The summed E-state index contributed by atoms with van der Waals surface area (Å²) >= 11 is 1.09. The minimum atomic E-state index is -3.73. The molecule has 2 heterocycles. The van der Waals surface area contributed by atoms with Crippen molar-refractivity contribution in [1.82, 2.24) is 9.55 Å². The van der Waals surface area contributed by atoms with Gasteiger partial charge in [0.15, 0.2) is 16.7 Å². The van der Waals surface area contributed by atoms with Gasteiger partial charge in [-0.1, -0.05) is 42.1 Å². The number of amides is 1. The van der Waals surface area contributed by atoms with Gasteiger partial charge >= 0.3 is 6.29 Å². The summed E-state index contributed by atoms with van der Waals surface area (Å²) in [5.74, 6) is -0.755. The summed E-state index contributed by atoms with van der Waals surface area (Å²) in [5, 5.41) is 3.44. The van der Waals surface area contributed by atoms with Gasteiger partial charge in [0.05, 0.1) is 22.3 Å². The number of ether oxygens (including phenoxy) is 2. The van der Waals surface area contributed by atoms with Crippen molar-refractivity contribution in [2.24, 2.45) is 0 Å². The lowest BCUT2D eigenvalue weighted by molar-refractivity contribution is -0.286. The van der Waals surface area contributed by atoms with E-state index in [4.69, 9.17) is 0 Å². The fourth-order valence-corrected chi connectivity index (χ4v) is 4.18. The maximum absolute atomic E-state index is 13.2. The second-order valence-corrected chi connectivity index (χ2v) is 8.00. The molecule has 0 saturated heterocycles. The molecule has 166 valence electrons. The number of fused-ring (bicyclic) bond motifs is 2. The number of halogens is 2. The van der Waals surface area contributed by atoms with E-state index in [1.165, 1.54) is 22.8 Å². The standard InChI is InChI=1S/C23H15F2N3O4S/c24-23(25)31-18-11-10-14(12-19(18)32-23)26-20(29)13-33-22-27-17-9-5-4-8-16(17)21(30)28(22)15-6-2-1-3-7-15/h1-12H,13H2,(H,26,29). The van der Waals surface area contributed by atoms with Crippen molar-refractivity contribution < 1.29 is 23.0 Å². The first kappa shape index (κ1) is 21.0. The summed E-state index contributed by atoms with van der Waals surface area (Å²) < 4.78 is 36.6. The summed E-state index contributed by atoms with van der Waals surface area (Å²) in [7, 11) is 0. The maximum Gasteiger partial charge on any atom is 0.586 e. The van der Waals surface area contributed by atoms with Gasteiger partial charge in [-0.05, 0) is 36.4 Å². The molecule has 0 spiro atoms. The Morgan fingerprint density at radius 3 is 2.55 bits per heavy atom. The zero-order valence-corrected chi connectivity index (χ0v) is 17.6. The van der Waals surface area contributed by atoms with Crippen LogP contribution >= 0.6 is 11.8 Å². The lowest BCUT2D eigenvalue weighted by Gasteiger charge is -2.13. The Kier molecular flexibility index (Phi) is 5.21. The number of para-hydroxylation sites is 2. The lowest BCUT2D eigenvalue weighted by atomic mass is 10.2. The van der Waals surface area contributed by atoms with Gasteiger partial charge in [-0.3, -0.25) is 14.2 Å². The molecule has 3 aromatic carbocycles. The Hall–Kier alpha value is -3.92. The molecule has 10 heteroatoms. The summed E-state index contributed by atoms with van der Waals surface area (Å²) in [6.45, 7) is 0. The van der Waals surface area contributed by atoms with Crippen molar-refractivity contribution in [2.75, 3.05) is 11.1 Å².